The van der Waals surface area contributed by atoms with Gasteiger partial charge in [0.2, 0.25) is 0 Å². The fourth-order valence-corrected chi connectivity index (χ4v) is 3.54. The second-order valence-electron chi connectivity index (χ2n) is 7.31. The Morgan fingerprint density at radius 1 is 1.00 bits per heavy atom. The third kappa shape index (κ3) is 3.67. The van der Waals surface area contributed by atoms with Gasteiger partial charge in [0.05, 0.1) is 6.54 Å². The number of fused-ring (bicyclic) bond motifs is 1. The second-order valence-corrected chi connectivity index (χ2v) is 7.31. The van der Waals surface area contributed by atoms with Crippen molar-refractivity contribution in [3.63, 3.8) is 0 Å². The maximum absolute atomic E-state index is 12.9. The van der Waals surface area contributed by atoms with Crippen LogP contribution in [0.2, 0.25) is 0 Å². The molecule has 29 heavy (non-hydrogen) atoms. The summed E-state index contributed by atoms with van der Waals surface area (Å²) in [5.74, 6) is 0.229. The van der Waals surface area contributed by atoms with Crippen molar-refractivity contribution in [2.75, 3.05) is 13.2 Å². The van der Waals surface area contributed by atoms with Gasteiger partial charge in [0, 0.05) is 0 Å². The normalized spacial score (nSPS) is 20.0. The van der Waals surface area contributed by atoms with Crippen molar-refractivity contribution in [3.8, 4) is 5.75 Å². The molecule has 3 amide bonds. The van der Waals surface area contributed by atoms with Gasteiger partial charge in [-0.15, -0.1) is 0 Å². The van der Waals surface area contributed by atoms with Crippen LogP contribution in [0.4, 0.5) is 4.79 Å². The van der Waals surface area contributed by atoms with Crippen LogP contribution in [0.3, 0.4) is 0 Å². The topological polar surface area (TPSA) is 78.9 Å². The highest BCUT2D eigenvalue weighted by atomic mass is 16.5. The minimum atomic E-state index is -1.14. The molecule has 0 radical (unpaired) electrons. The molecule has 0 aliphatic carbocycles. The summed E-state index contributed by atoms with van der Waals surface area (Å²) in [7, 11) is 0. The average Bonchev–Trinajstić information content (AvgIpc) is 2.96. The van der Waals surface area contributed by atoms with Crippen molar-refractivity contribution in [1.82, 2.24) is 10.2 Å². The lowest BCUT2D eigenvalue weighted by Crippen LogP contribution is -2.42. The molecule has 3 aromatic carbocycles. The van der Waals surface area contributed by atoms with Gasteiger partial charge in [-0.3, -0.25) is 9.69 Å². The number of hydrogen-bond donors (Lipinski definition) is 2. The molecule has 1 fully saturated rings. The van der Waals surface area contributed by atoms with E-state index in [9.17, 15) is 14.7 Å². The summed E-state index contributed by atoms with van der Waals surface area (Å²) in [5, 5.41) is 15.2. The molecule has 2 atom stereocenters. The molecule has 3 aromatic rings. The maximum atomic E-state index is 12.9. The number of benzene rings is 3. The summed E-state index contributed by atoms with van der Waals surface area (Å²) < 4.78 is 5.67. The molecule has 0 aromatic heterocycles. The van der Waals surface area contributed by atoms with Gasteiger partial charge in [-0.2, -0.15) is 0 Å². The Hall–Kier alpha value is -3.38. The highest BCUT2D eigenvalue weighted by molar-refractivity contribution is 6.07. The number of amides is 3. The van der Waals surface area contributed by atoms with Gasteiger partial charge in [0.1, 0.15) is 24.0 Å². The molecule has 0 spiro atoms. The van der Waals surface area contributed by atoms with Crippen molar-refractivity contribution in [2.45, 2.75) is 18.6 Å². The molecule has 2 unspecified atom stereocenters. The number of β-amino-alcohol motifs (C(OH)–C–C–N with tert-alkyl or cyclic N) is 1. The fraction of sp³-hybridized carbons (Fsp3) is 0.217. The minimum absolute atomic E-state index is 0.0303. The van der Waals surface area contributed by atoms with Crippen LogP contribution in [0.15, 0.2) is 72.8 Å². The molecule has 1 aliphatic rings. The van der Waals surface area contributed by atoms with Crippen molar-refractivity contribution >= 4 is 22.7 Å². The fourth-order valence-electron chi connectivity index (χ4n) is 3.54. The van der Waals surface area contributed by atoms with Crippen LogP contribution in [0.5, 0.6) is 5.75 Å². The number of urea groups is 1. The van der Waals surface area contributed by atoms with Crippen LogP contribution < -0.4 is 10.1 Å². The lowest BCUT2D eigenvalue weighted by molar-refractivity contribution is -0.132. The van der Waals surface area contributed by atoms with Crippen LogP contribution >= 0.6 is 0 Å². The van der Waals surface area contributed by atoms with Gasteiger partial charge in [-0.05, 0) is 35.4 Å². The van der Waals surface area contributed by atoms with Crippen molar-refractivity contribution in [3.05, 3.63) is 78.4 Å². The van der Waals surface area contributed by atoms with Crippen molar-refractivity contribution in [1.29, 1.82) is 0 Å². The molecule has 148 valence electrons. The van der Waals surface area contributed by atoms with E-state index in [0.29, 0.717) is 11.3 Å². The van der Waals surface area contributed by atoms with E-state index in [1.54, 1.807) is 19.1 Å². The average molecular weight is 390 g/mol. The SMILES string of the molecule is CC1(c2ccccc2)NC(=O)N(CC(O)COc2ccc3ccccc3c2)C1=O. The summed E-state index contributed by atoms with van der Waals surface area (Å²) in [6.45, 7) is 1.50. The summed E-state index contributed by atoms with van der Waals surface area (Å²) in [6, 6.07) is 22.1. The van der Waals surface area contributed by atoms with Gasteiger partial charge in [0.15, 0.2) is 0 Å². The van der Waals surface area contributed by atoms with E-state index in [4.69, 9.17) is 4.74 Å². The predicted molar refractivity (Wildman–Crippen MR) is 109 cm³/mol. The predicted octanol–water partition coefficient (Wildman–Crippen LogP) is 3.05. The Labute approximate surface area is 168 Å². The maximum Gasteiger partial charge on any atom is 0.325 e. The van der Waals surface area contributed by atoms with Gasteiger partial charge < -0.3 is 15.2 Å². The number of ether oxygens (including phenoxy) is 1. The van der Waals surface area contributed by atoms with E-state index in [1.165, 1.54) is 0 Å². The highest BCUT2D eigenvalue weighted by Gasteiger charge is 2.49. The summed E-state index contributed by atoms with van der Waals surface area (Å²) in [5.41, 5.74) is -0.445. The first-order valence-corrected chi connectivity index (χ1v) is 9.47. The van der Waals surface area contributed by atoms with Crippen LogP contribution in [0.25, 0.3) is 10.8 Å². The number of rotatable bonds is 6. The summed E-state index contributed by atoms with van der Waals surface area (Å²) in [4.78, 5) is 26.3. The first-order chi connectivity index (χ1) is 14.0. The zero-order valence-electron chi connectivity index (χ0n) is 16.0. The van der Waals surface area contributed by atoms with Crippen molar-refractivity contribution in [2.24, 2.45) is 0 Å². The minimum Gasteiger partial charge on any atom is -0.491 e. The first-order valence-electron chi connectivity index (χ1n) is 9.47. The standard InChI is InChI=1S/C23H22N2O4/c1-23(18-9-3-2-4-10-18)21(27)25(22(28)24-23)14-19(26)15-29-20-12-11-16-7-5-6-8-17(16)13-20/h2-13,19,26H,14-15H2,1H3,(H,24,28). The number of hydrogen-bond acceptors (Lipinski definition) is 4. The molecule has 1 saturated heterocycles. The first kappa shape index (κ1) is 19.0. The molecule has 4 rings (SSSR count). The molecule has 6 nitrogen and oxygen atoms in total. The van der Waals surface area contributed by atoms with E-state index >= 15 is 0 Å². The zero-order valence-corrected chi connectivity index (χ0v) is 16.0. The number of aliphatic hydroxyl groups excluding tert-OH is 1. The zero-order chi connectivity index (χ0) is 20.4. The van der Waals surface area contributed by atoms with Gasteiger partial charge >= 0.3 is 6.03 Å². The van der Waals surface area contributed by atoms with Gasteiger partial charge in [0.25, 0.3) is 5.91 Å². The summed E-state index contributed by atoms with van der Waals surface area (Å²) >= 11 is 0. The Balaban J connectivity index is 1.40. The van der Waals surface area contributed by atoms with Crippen LogP contribution in [0.1, 0.15) is 12.5 Å². The lowest BCUT2D eigenvalue weighted by atomic mass is 9.92. The Morgan fingerprint density at radius 2 is 1.69 bits per heavy atom. The monoisotopic (exact) mass is 390 g/mol. The Bertz CT molecular complexity index is 1050. The van der Waals surface area contributed by atoms with E-state index in [1.807, 2.05) is 60.7 Å². The van der Waals surface area contributed by atoms with Crippen LogP contribution in [0, 0.1) is 0 Å². The number of carbonyl (C=O) groups is 2. The quantitative estimate of drug-likeness (QED) is 0.634. The molecular weight excluding hydrogens is 368 g/mol. The third-order valence-electron chi connectivity index (χ3n) is 5.18. The van der Waals surface area contributed by atoms with Crippen molar-refractivity contribution < 1.29 is 19.4 Å². The number of aliphatic hydroxyl groups is 1. The second kappa shape index (κ2) is 7.56. The van der Waals surface area contributed by atoms with E-state index in [-0.39, 0.29) is 13.2 Å². The largest absolute Gasteiger partial charge is 0.491 e. The van der Waals surface area contributed by atoms with Crippen LogP contribution in [-0.4, -0.2) is 41.2 Å². The molecule has 6 heteroatoms. The third-order valence-corrected chi connectivity index (χ3v) is 5.18. The highest BCUT2D eigenvalue weighted by Crippen LogP contribution is 2.28. The van der Waals surface area contributed by atoms with E-state index < -0.39 is 23.6 Å². The van der Waals surface area contributed by atoms with E-state index in [0.717, 1.165) is 15.7 Å². The molecule has 1 aliphatic heterocycles. The lowest BCUT2D eigenvalue weighted by Gasteiger charge is -2.23. The Morgan fingerprint density at radius 3 is 2.45 bits per heavy atom. The number of carbonyl (C=O) groups excluding carboxylic acids is 2. The Kier molecular flexibility index (Phi) is 4.94. The molecule has 1 heterocycles. The number of imide groups is 1. The summed E-state index contributed by atoms with van der Waals surface area (Å²) in [6.07, 6.45) is -1.01. The molecule has 0 bridgehead atoms. The number of nitrogens with zero attached hydrogens (tertiary/aromatic N) is 1. The molecule has 2 N–H and O–H groups in total. The molecular formula is C23H22N2O4. The molecule has 0 saturated carbocycles. The number of nitrogens with one attached hydrogen (secondary N) is 1. The van der Waals surface area contributed by atoms with Gasteiger partial charge in [-0.1, -0.05) is 60.7 Å². The van der Waals surface area contributed by atoms with Gasteiger partial charge in [-0.25, -0.2) is 4.79 Å². The van der Waals surface area contributed by atoms with Crippen LogP contribution in [-0.2, 0) is 10.3 Å². The van der Waals surface area contributed by atoms with E-state index in [2.05, 4.69) is 5.32 Å². The smallest absolute Gasteiger partial charge is 0.325 e.